The molecule has 0 spiro atoms. The van der Waals surface area contributed by atoms with Gasteiger partial charge in [-0.2, -0.15) is 4.31 Å². The van der Waals surface area contributed by atoms with Crippen LogP contribution in [0.3, 0.4) is 0 Å². The third-order valence-electron chi connectivity index (χ3n) is 5.39. The van der Waals surface area contributed by atoms with Crippen LogP contribution >= 0.6 is 0 Å². The fourth-order valence-electron chi connectivity index (χ4n) is 3.53. The molecule has 1 saturated heterocycles. The van der Waals surface area contributed by atoms with E-state index in [9.17, 15) is 17.6 Å². The number of hydrogen-bond acceptors (Lipinski definition) is 7. The van der Waals surface area contributed by atoms with Gasteiger partial charge >= 0.3 is 0 Å². The third-order valence-corrected chi connectivity index (χ3v) is 7.29. The van der Waals surface area contributed by atoms with Crippen LogP contribution in [0.5, 0.6) is 11.5 Å². The number of amides is 1. The van der Waals surface area contributed by atoms with Crippen LogP contribution in [-0.2, 0) is 26.0 Å². The number of sulfonamides is 1. The summed E-state index contributed by atoms with van der Waals surface area (Å²) in [6.45, 7) is 4.55. The summed E-state index contributed by atoms with van der Waals surface area (Å²) in [7, 11) is -3.81. The number of halogens is 1. The standard InChI is InChI=1S/C23H24FN3O6S/c1-15-20(16(2)33-26-15)14-23(28)25-21-13-19(34(29,30)27-9-11-31-12-10-27)7-8-22(21)32-18-5-3-17(24)4-6-18/h3-8,13H,9-12,14H2,1-2H3,(H,25,28). The van der Waals surface area contributed by atoms with Crippen LogP contribution in [0, 0.1) is 19.7 Å². The smallest absolute Gasteiger partial charge is 0.243 e. The van der Waals surface area contributed by atoms with Gasteiger partial charge in [-0.25, -0.2) is 12.8 Å². The average Bonchev–Trinajstić information content (AvgIpc) is 3.14. The number of nitrogens with one attached hydrogen (secondary N) is 1. The quantitative estimate of drug-likeness (QED) is 0.541. The van der Waals surface area contributed by atoms with Crippen molar-refractivity contribution >= 4 is 21.6 Å². The Morgan fingerprint density at radius 1 is 1.15 bits per heavy atom. The fraction of sp³-hybridized carbons (Fsp3) is 0.304. The van der Waals surface area contributed by atoms with Crippen LogP contribution in [0.2, 0.25) is 0 Å². The molecule has 0 aliphatic carbocycles. The zero-order chi connectivity index (χ0) is 24.3. The van der Waals surface area contributed by atoms with Gasteiger partial charge in [0.15, 0.2) is 5.75 Å². The van der Waals surface area contributed by atoms with E-state index in [0.29, 0.717) is 36.0 Å². The highest BCUT2D eigenvalue weighted by Gasteiger charge is 2.27. The maximum Gasteiger partial charge on any atom is 0.243 e. The third kappa shape index (κ3) is 5.27. The molecule has 1 amide bonds. The number of carbonyl (C=O) groups excluding carboxylic acids is 1. The SMILES string of the molecule is Cc1noc(C)c1CC(=O)Nc1cc(S(=O)(=O)N2CCOCC2)ccc1Oc1ccc(F)cc1. The van der Waals surface area contributed by atoms with Crippen molar-refractivity contribution in [2.24, 2.45) is 0 Å². The van der Waals surface area contributed by atoms with E-state index >= 15 is 0 Å². The molecule has 0 unspecified atom stereocenters. The van der Waals surface area contributed by atoms with Gasteiger partial charge in [0, 0.05) is 18.7 Å². The molecule has 3 aromatic rings. The first-order chi connectivity index (χ1) is 16.2. The number of benzene rings is 2. The van der Waals surface area contributed by atoms with Gasteiger partial charge in [0.25, 0.3) is 0 Å². The minimum absolute atomic E-state index is 0.00787. The van der Waals surface area contributed by atoms with Crippen molar-refractivity contribution < 1.29 is 31.6 Å². The molecule has 0 bridgehead atoms. The van der Waals surface area contributed by atoms with Crippen molar-refractivity contribution in [3.8, 4) is 11.5 Å². The zero-order valence-corrected chi connectivity index (χ0v) is 19.5. The molecule has 11 heteroatoms. The van der Waals surface area contributed by atoms with Crippen molar-refractivity contribution in [2.45, 2.75) is 25.2 Å². The van der Waals surface area contributed by atoms with Gasteiger partial charge in [-0.3, -0.25) is 4.79 Å². The van der Waals surface area contributed by atoms with E-state index in [1.54, 1.807) is 13.8 Å². The summed E-state index contributed by atoms with van der Waals surface area (Å²) in [5.74, 6) is 0.233. The Morgan fingerprint density at radius 2 is 1.85 bits per heavy atom. The number of aryl methyl sites for hydroxylation is 2. The maximum absolute atomic E-state index is 13.3. The highest BCUT2D eigenvalue weighted by Crippen LogP contribution is 2.33. The molecule has 180 valence electrons. The number of ether oxygens (including phenoxy) is 2. The highest BCUT2D eigenvalue weighted by atomic mass is 32.2. The first kappa shape index (κ1) is 23.9. The molecule has 1 aliphatic heterocycles. The van der Waals surface area contributed by atoms with Gasteiger partial charge in [-0.15, -0.1) is 0 Å². The number of anilines is 1. The summed E-state index contributed by atoms with van der Waals surface area (Å²) in [5, 5.41) is 6.58. The van der Waals surface area contributed by atoms with Crippen molar-refractivity contribution in [1.82, 2.24) is 9.46 Å². The summed E-state index contributed by atoms with van der Waals surface area (Å²) >= 11 is 0. The Morgan fingerprint density at radius 3 is 2.50 bits per heavy atom. The fourth-order valence-corrected chi connectivity index (χ4v) is 4.97. The molecule has 1 N–H and O–H groups in total. The lowest BCUT2D eigenvalue weighted by atomic mass is 10.1. The van der Waals surface area contributed by atoms with Crippen molar-refractivity contribution in [3.63, 3.8) is 0 Å². The number of nitrogens with zero attached hydrogens (tertiary/aromatic N) is 2. The van der Waals surface area contributed by atoms with Crippen LogP contribution in [0.15, 0.2) is 51.9 Å². The van der Waals surface area contributed by atoms with Gasteiger partial charge in [-0.1, -0.05) is 5.16 Å². The Labute approximate surface area is 196 Å². The predicted molar refractivity (Wildman–Crippen MR) is 121 cm³/mol. The largest absolute Gasteiger partial charge is 0.455 e. The summed E-state index contributed by atoms with van der Waals surface area (Å²) in [6, 6.07) is 9.57. The molecule has 1 aliphatic rings. The predicted octanol–water partition coefficient (Wildman–Crippen LogP) is 3.42. The highest BCUT2D eigenvalue weighted by molar-refractivity contribution is 7.89. The van der Waals surface area contributed by atoms with Crippen LogP contribution in [0.25, 0.3) is 0 Å². The van der Waals surface area contributed by atoms with Gasteiger partial charge < -0.3 is 19.3 Å². The topological polar surface area (TPSA) is 111 Å². The van der Waals surface area contributed by atoms with E-state index in [4.69, 9.17) is 14.0 Å². The van der Waals surface area contributed by atoms with Gasteiger partial charge in [-0.05, 0) is 56.3 Å². The molecular formula is C23H24FN3O6S. The normalized spacial score (nSPS) is 14.7. The molecular weight excluding hydrogens is 465 g/mol. The molecule has 1 fully saturated rings. The molecule has 2 heterocycles. The first-order valence-corrected chi connectivity index (χ1v) is 12.0. The van der Waals surface area contributed by atoms with Crippen LogP contribution < -0.4 is 10.1 Å². The molecule has 4 rings (SSSR count). The van der Waals surface area contributed by atoms with Crippen molar-refractivity contribution in [1.29, 1.82) is 0 Å². The van der Waals surface area contributed by atoms with E-state index in [0.717, 1.165) is 0 Å². The monoisotopic (exact) mass is 489 g/mol. The number of morpholine rings is 1. The van der Waals surface area contributed by atoms with Crippen LogP contribution in [0.1, 0.15) is 17.0 Å². The van der Waals surface area contributed by atoms with E-state index in [1.165, 1.54) is 46.8 Å². The van der Waals surface area contributed by atoms with E-state index < -0.39 is 21.7 Å². The van der Waals surface area contributed by atoms with Gasteiger partial charge in [0.1, 0.15) is 17.3 Å². The Kier molecular flexibility index (Phi) is 6.96. The van der Waals surface area contributed by atoms with E-state index in [1.807, 2.05) is 0 Å². The van der Waals surface area contributed by atoms with Crippen LogP contribution in [-0.4, -0.2) is 50.1 Å². The lowest BCUT2D eigenvalue weighted by Gasteiger charge is -2.26. The Bertz CT molecular complexity index is 1270. The minimum atomic E-state index is -3.81. The Balaban J connectivity index is 1.65. The van der Waals surface area contributed by atoms with Crippen LogP contribution in [0.4, 0.5) is 10.1 Å². The number of rotatable bonds is 7. The minimum Gasteiger partial charge on any atom is -0.455 e. The molecule has 0 radical (unpaired) electrons. The number of carbonyl (C=O) groups is 1. The molecule has 34 heavy (non-hydrogen) atoms. The summed E-state index contributed by atoms with van der Waals surface area (Å²) in [6.07, 6.45) is -0.0163. The van der Waals surface area contributed by atoms with E-state index in [2.05, 4.69) is 10.5 Å². The second-order valence-corrected chi connectivity index (χ2v) is 9.70. The summed E-state index contributed by atoms with van der Waals surface area (Å²) < 4.78 is 57.1. The second-order valence-electron chi connectivity index (χ2n) is 7.76. The molecule has 0 atom stereocenters. The second kappa shape index (κ2) is 9.92. The summed E-state index contributed by atoms with van der Waals surface area (Å²) in [5.41, 5.74) is 1.41. The van der Waals surface area contributed by atoms with Gasteiger partial charge in [0.2, 0.25) is 15.9 Å². The summed E-state index contributed by atoms with van der Waals surface area (Å²) in [4.78, 5) is 12.8. The Hall–Kier alpha value is -3.28. The average molecular weight is 490 g/mol. The first-order valence-electron chi connectivity index (χ1n) is 10.6. The zero-order valence-electron chi connectivity index (χ0n) is 18.7. The number of aromatic nitrogens is 1. The van der Waals surface area contributed by atoms with Crippen molar-refractivity contribution in [2.75, 3.05) is 31.6 Å². The lowest BCUT2D eigenvalue weighted by molar-refractivity contribution is -0.115. The maximum atomic E-state index is 13.3. The molecule has 1 aromatic heterocycles. The van der Waals surface area contributed by atoms with Crippen molar-refractivity contribution in [3.05, 3.63) is 65.3 Å². The van der Waals surface area contributed by atoms with E-state index in [-0.39, 0.29) is 35.8 Å². The molecule has 9 nitrogen and oxygen atoms in total. The molecule has 0 saturated carbocycles. The number of hydrogen-bond donors (Lipinski definition) is 1. The van der Waals surface area contributed by atoms with Gasteiger partial charge in [0.05, 0.1) is 35.9 Å². The molecule has 2 aromatic carbocycles. The lowest BCUT2D eigenvalue weighted by Crippen LogP contribution is -2.40.